The highest BCUT2D eigenvalue weighted by molar-refractivity contribution is 5.77. The summed E-state index contributed by atoms with van der Waals surface area (Å²) in [5.74, 6) is 0.425. The van der Waals surface area contributed by atoms with E-state index in [2.05, 4.69) is 15.3 Å². The Hall–Kier alpha value is -1.72. The minimum Gasteiger partial charge on any atom is -0.392 e. The van der Waals surface area contributed by atoms with Crippen molar-refractivity contribution < 1.29 is 5.11 Å². The van der Waals surface area contributed by atoms with Crippen molar-refractivity contribution in [3.05, 3.63) is 40.4 Å². The number of nitrogens with one attached hydrogen (secondary N) is 2. The van der Waals surface area contributed by atoms with Gasteiger partial charge >= 0.3 is 0 Å². The minimum absolute atomic E-state index is 0.143. The number of rotatable bonds is 1. The van der Waals surface area contributed by atoms with Gasteiger partial charge in [-0.15, -0.1) is 0 Å². The van der Waals surface area contributed by atoms with Crippen LogP contribution in [0.2, 0.25) is 0 Å². The van der Waals surface area contributed by atoms with Gasteiger partial charge in [0.25, 0.3) is 5.56 Å². The second-order valence-corrected chi connectivity index (χ2v) is 4.63. The maximum atomic E-state index is 12.0. The molecule has 0 unspecified atom stereocenters. The molecule has 3 N–H and O–H groups in total. The standard InChI is InChI=1S/C13H15N3O2/c17-11-5-6-14-7-9(11)12-15-10-4-2-1-3-8(10)13(18)16-12/h1-4,9,11,14,17H,5-7H2,(H,15,16,18)/t9-,11-/m1/s1. The van der Waals surface area contributed by atoms with Gasteiger partial charge in [-0.3, -0.25) is 4.79 Å². The maximum Gasteiger partial charge on any atom is 0.258 e. The van der Waals surface area contributed by atoms with Crippen LogP contribution in [-0.2, 0) is 0 Å². The van der Waals surface area contributed by atoms with Gasteiger partial charge in [-0.25, -0.2) is 4.98 Å². The molecule has 1 aliphatic rings. The summed E-state index contributed by atoms with van der Waals surface area (Å²) < 4.78 is 0. The number of hydrogen-bond donors (Lipinski definition) is 3. The van der Waals surface area contributed by atoms with Crippen molar-refractivity contribution in [2.24, 2.45) is 0 Å². The SMILES string of the molecule is O=c1[nH]c([C@@H]2CNCC[C@H]2O)nc2ccccc12. The minimum atomic E-state index is -0.449. The number of aromatic nitrogens is 2. The first kappa shape index (κ1) is 11.4. The zero-order valence-corrected chi connectivity index (χ0v) is 9.89. The summed E-state index contributed by atoms with van der Waals surface area (Å²) in [7, 11) is 0. The first-order chi connectivity index (χ1) is 8.75. The molecule has 1 saturated heterocycles. The first-order valence-corrected chi connectivity index (χ1v) is 6.13. The molecule has 5 heteroatoms. The van der Waals surface area contributed by atoms with Crippen molar-refractivity contribution in [1.29, 1.82) is 0 Å². The predicted octanol–water partition coefficient (Wildman–Crippen LogP) is 0.361. The van der Waals surface area contributed by atoms with Gasteiger partial charge in [-0.2, -0.15) is 0 Å². The Bertz CT molecular complexity index is 623. The van der Waals surface area contributed by atoms with Crippen LogP contribution < -0.4 is 10.9 Å². The Morgan fingerprint density at radius 2 is 2.17 bits per heavy atom. The second-order valence-electron chi connectivity index (χ2n) is 4.63. The molecule has 5 nitrogen and oxygen atoms in total. The molecule has 0 amide bonds. The van der Waals surface area contributed by atoms with Gasteiger partial charge in [0.1, 0.15) is 5.82 Å². The number of aliphatic hydroxyl groups excluding tert-OH is 1. The third-order valence-electron chi connectivity index (χ3n) is 3.43. The highest BCUT2D eigenvalue weighted by Crippen LogP contribution is 2.21. The fraction of sp³-hybridized carbons (Fsp3) is 0.385. The van der Waals surface area contributed by atoms with E-state index in [1.54, 1.807) is 6.07 Å². The van der Waals surface area contributed by atoms with Gasteiger partial charge in [0, 0.05) is 6.54 Å². The summed E-state index contributed by atoms with van der Waals surface area (Å²) in [6.45, 7) is 1.44. The summed E-state index contributed by atoms with van der Waals surface area (Å²) in [6, 6.07) is 7.24. The van der Waals surface area contributed by atoms with E-state index >= 15 is 0 Å². The highest BCUT2D eigenvalue weighted by atomic mass is 16.3. The third-order valence-corrected chi connectivity index (χ3v) is 3.43. The molecule has 18 heavy (non-hydrogen) atoms. The number of benzene rings is 1. The van der Waals surface area contributed by atoms with Crippen LogP contribution in [0.5, 0.6) is 0 Å². The molecule has 0 aliphatic carbocycles. The van der Waals surface area contributed by atoms with E-state index in [4.69, 9.17) is 0 Å². The van der Waals surface area contributed by atoms with Crippen LogP contribution in [0.25, 0.3) is 10.9 Å². The predicted molar refractivity (Wildman–Crippen MR) is 68.6 cm³/mol. The van der Waals surface area contributed by atoms with Crippen molar-refractivity contribution in [2.75, 3.05) is 13.1 Å². The smallest absolute Gasteiger partial charge is 0.258 e. The average Bonchev–Trinajstić information content (AvgIpc) is 2.39. The van der Waals surface area contributed by atoms with Gasteiger partial charge < -0.3 is 15.4 Å². The molecule has 2 atom stereocenters. The van der Waals surface area contributed by atoms with E-state index in [1.807, 2.05) is 18.2 Å². The van der Waals surface area contributed by atoms with Gasteiger partial charge in [0.15, 0.2) is 0 Å². The van der Waals surface area contributed by atoms with Crippen molar-refractivity contribution >= 4 is 10.9 Å². The third kappa shape index (κ3) is 1.91. The number of aromatic amines is 1. The second kappa shape index (κ2) is 4.51. The zero-order valence-electron chi connectivity index (χ0n) is 9.89. The van der Waals surface area contributed by atoms with Crippen molar-refractivity contribution in [2.45, 2.75) is 18.4 Å². The molecule has 1 aromatic heterocycles. The molecular weight excluding hydrogens is 230 g/mol. The molecule has 0 radical (unpaired) electrons. The Morgan fingerprint density at radius 1 is 1.33 bits per heavy atom. The monoisotopic (exact) mass is 245 g/mol. The van der Waals surface area contributed by atoms with Crippen LogP contribution in [0.4, 0.5) is 0 Å². The molecule has 1 fully saturated rings. The molecular formula is C13H15N3O2. The van der Waals surface area contributed by atoms with E-state index in [9.17, 15) is 9.90 Å². The number of para-hydroxylation sites is 1. The van der Waals surface area contributed by atoms with E-state index in [1.165, 1.54) is 0 Å². The molecule has 1 aliphatic heterocycles. The highest BCUT2D eigenvalue weighted by Gasteiger charge is 2.26. The zero-order chi connectivity index (χ0) is 12.5. The molecule has 2 heterocycles. The van der Waals surface area contributed by atoms with Crippen LogP contribution in [0, 0.1) is 0 Å². The Kier molecular flexibility index (Phi) is 2.85. The van der Waals surface area contributed by atoms with Crippen LogP contribution in [0.1, 0.15) is 18.2 Å². The number of fused-ring (bicyclic) bond motifs is 1. The molecule has 1 aromatic carbocycles. The lowest BCUT2D eigenvalue weighted by molar-refractivity contribution is 0.111. The molecule has 2 aromatic rings. The van der Waals surface area contributed by atoms with Crippen molar-refractivity contribution in [3.63, 3.8) is 0 Å². The lowest BCUT2D eigenvalue weighted by Gasteiger charge is -2.27. The summed E-state index contributed by atoms with van der Waals surface area (Å²) in [6.07, 6.45) is 0.233. The largest absolute Gasteiger partial charge is 0.392 e. The summed E-state index contributed by atoms with van der Waals surface area (Å²) >= 11 is 0. The Balaban J connectivity index is 2.09. The van der Waals surface area contributed by atoms with E-state index in [-0.39, 0.29) is 11.5 Å². The van der Waals surface area contributed by atoms with Gasteiger partial charge in [-0.1, -0.05) is 12.1 Å². The summed E-state index contributed by atoms with van der Waals surface area (Å²) in [4.78, 5) is 19.2. The lowest BCUT2D eigenvalue weighted by atomic mass is 9.95. The number of piperidine rings is 1. The lowest BCUT2D eigenvalue weighted by Crippen LogP contribution is -2.39. The Labute approximate surface area is 104 Å². The van der Waals surface area contributed by atoms with Crippen molar-refractivity contribution in [1.82, 2.24) is 15.3 Å². The molecule has 0 bridgehead atoms. The molecule has 3 rings (SSSR count). The quantitative estimate of drug-likeness (QED) is 0.678. The fourth-order valence-electron chi connectivity index (χ4n) is 2.40. The number of hydrogen-bond acceptors (Lipinski definition) is 4. The fourth-order valence-corrected chi connectivity index (χ4v) is 2.40. The molecule has 0 spiro atoms. The first-order valence-electron chi connectivity index (χ1n) is 6.13. The van der Waals surface area contributed by atoms with Crippen LogP contribution in [0.3, 0.4) is 0 Å². The summed E-state index contributed by atoms with van der Waals surface area (Å²) in [5, 5.41) is 13.8. The molecule has 94 valence electrons. The van der Waals surface area contributed by atoms with Gasteiger partial charge in [-0.05, 0) is 25.1 Å². The number of H-pyrrole nitrogens is 1. The number of aliphatic hydroxyl groups is 1. The van der Waals surface area contributed by atoms with E-state index < -0.39 is 6.10 Å². The van der Waals surface area contributed by atoms with Crippen LogP contribution >= 0.6 is 0 Å². The normalized spacial score (nSPS) is 24.3. The van der Waals surface area contributed by atoms with Gasteiger partial charge in [0.2, 0.25) is 0 Å². The summed E-state index contributed by atoms with van der Waals surface area (Å²) in [5.41, 5.74) is 0.530. The topological polar surface area (TPSA) is 78.0 Å². The van der Waals surface area contributed by atoms with Crippen LogP contribution in [-0.4, -0.2) is 34.3 Å². The van der Waals surface area contributed by atoms with Gasteiger partial charge in [0.05, 0.1) is 22.9 Å². The average molecular weight is 245 g/mol. The molecule has 0 saturated carbocycles. The van der Waals surface area contributed by atoms with Crippen LogP contribution in [0.15, 0.2) is 29.1 Å². The van der Waals surface area contributed by atoms with E-state index in [0.717, 1.165) is 6.54 Å². The van der Waals surface area contributed by atoms with E-state index in [0.29, 0.717) is 29.7 Å². The maximum absolute atomic E-state index is 12.0. The Morgan fingerprint density at radius 3 is 3.00 bits per heavy atom. The van der Waals surface area contributed by atoms with Crippen molar-refractivity contribution in [3.8, 4) is 0 Å². The number of nitrogens with zero attached hydrogens (tertiary/aromatic N) is 1.